The van der Waals surface area contributed by atoms with Crippen molar-refractivity contribution in [2.75, 3.05) is 13.7 Å². The fourth-order valence-corrected chi connectivity index (χ4v) is 2.35. The maximum Gasteiger partial charge on any atom is 0.196 e. The highest BCUT2D eigenvalue weighted by Gasteiger charge is 2.19. The second-order valence-corrected chi connectivity index (χ2v) is 5.85. The van der Waals surface area contributed by atoms with E-state index in [1.165, 1.54) is 0 Å². The normalized spacial score (nSPS) is 13.8. The molecule has 1 aromatic heterocycles. The van der Waals surface area contributed by atoms with Crippen molar-refractivity contribution in [3.8, 4) is 0 Å². The van der Waals surface area contributed by atoms with Crippen molar-refractivity contribution < 1.29 is 9.15 Å². The Morgan fingerprint density at radius 3 is 2.80 bits per heavy atom. The Kier molecular flexibility index (Phi) is 4.78. The minimum absolute atomic E-state index is 0.0932. The first-order valence-electron chi connectivity index (χ1n) is 7.13. The summed E-state index contributed by atoms with van der Waals surface area (Å²) in [5, 5.41) is 3.49. The summed E-state index contributed by atoms with van der Waals surface area (Å²) < 4.78 is 11.1. The first-order valence-corrected chi connectivity index (χ1v) is 7.13. The number of rotatable bonds is 7. The van der Waals surface area contributed by atoms with Gasteiger partial charge >= 0.3 is 0 Å². The van der Waals surface area contributed by atoms with E-state index >= 15 is 0 Å². The molecule has 0 aliphatic carbocycles. The Morgan fingerprint density at radius 2 is 2.10 bits per heavy atom. The molecule has 0 spiro atoms. The molecule has 0 radical (unpaired) electrons. The lowest BCUT2D eigenvalue weighted by Gasteiger charge is -2.27. The lowest BCUT2D eigenvalue weighted by Crippen LogP contribution is -2.36. The Morgan fingerprint density at radius 1 is 1.35 bits per heavy atom. The van der Waals surface area contributed by atoms with Gasteiger partial charge in [-0.2, -0.15) is 0 Å². The summed E-state index contributed by atoms with van der Waals surface area (Å²) in [7, 11) is 1.76. The number of nitrogens with one attached hydrogen (secondary N) is 1. The molecule has 1 N–H and O–H groups in total. The van der Waals surface area contributed by atoms with Gasteiger partial charge in [-0.25, -0.2) is 4.98 Å². The van der Waals surface area contributed by atoms with Gasteiger partial charge in [0, 0.05) is 26.1 Å². The van der Waals surface area contributed by atoms with E-state index in [0.717, 1.165) is 36.4 Å². The largest absolute Gasteiger partial charge is 0.441 e. The van der Waals surface area contributed by atoms with Crippen LogP contribution in [0.3, 0.4) is 0 Å². The number of fused-ring (bicyclic) bond motifs is 1. The summed E-state index contributed by atoms with van der Waals surface area (Å²) in [6, 6.07) is 8.25. The van der Waals surface area contributed by atoms with Gasteiger partial charge in [-0.05, 0) is 39.3 Å². The van der Waals surface area contributed by atoms with Crippen LogP contribution in [0.5, 0.6) is 0 Å². The van der Waals surface area contributed by atoms with Crippen molar-refractivity contribution in [3.05, 3.63) is 30.2 Å². The second kappa shape index (κ2) is 6.37. The molecule has 110 valence electrons. The first kappa shape index (κ1) is 15.0. The molecule has 0 bridgehead atoms. The van der Waals surface area contributed by atoms with Crippen molar-refractivity contribution >= 4 is 11.1 Å². The SMILES string of the molecule is COC(C)(C)C[C@@H](C)NCCc1nc2ccccc2o1. The highest BCUT2D eigenvalue weighted by atomic mass is 16.5. The van der Waals surface area contributed by atoms with E-state index in [-0.39, 0.29) is 5.60 Å². The number of benzene rings is 1. The molecule has 0 fully saturated rings. The van der Waals surface area contributed by atoms with Crippen LogP contribution < -0.4 is 5.32 Å². The quantitative estimate of drug-likeness (QED) is 0.844. The fourth-order valence-electron chi connectivity index (χ4n) is 2.35. The molecule has 1 heterocycles. The summed E-state index contributed by atoms with van der Waals surface area (Å²) in [5.74, 6) is 0.789. The van der Waals surface area contributed by atoms with E-state index in [2.05, 4.69) is 31.1 Å². The third-order valence-corrected chi connectivity index (χ3v) is 3.52. The third kappa shape index (κ3) is 4.05. The molecular weight excluding hydrogens is 252 g/mol. The number of hydrogen-bond donors (Lipinski definition) is 1. The topological polar surface area (TPSA) is 47.3 Å². The van der Waals surface area contributed by atoms with Gasteiger partial charge in [-0.15, -0.1) is 0 Å². The van der Waals surface area contributed by atoms with Crippen LogP contribution >= 0.6 is 0 Å². The van der Waals surface area contributed by atoms with Crippen LogP contribution in [0.25, 0.3) is 11.1 Å². The molecule has 0 aliphatic heterocycles. The predicted molar refractivity (Wildman–Crippen MR) is 80.9 cm³/mol. The van der Waals surface area contributed by atoms with Crippen molar-refractivity contribution in [3.63, 3.8) is 0 Å². The summed E-state index contributed by atoms with van der Waals surface area (Å²) in [6.07, 6.45) is 1.77. The molecule has 2 aromatic rings. The third-order valence-electron chi connectivity index (χ3n) is 3.52. The van der Waals surface area contributed by atoms with Gasteiger partial charge in [0.1, 0.15) is 5.52 Å². The minimum atomic E-state index is -0.0932. The van der Waals surface area contributed by atoms with Crippen LogP contribution in [0.1, 0.15) is 33.1 Å². The molecular formula is C16H24N2O2. The van der Waals surface area contributed by atoms with E-state index in [9.17, 15) is 0 Å². The maximum atomic E-state index is 5.70. The smallest absolute Gasteiger partial charge is 0.196 e. The molecule has 0 saturated heterocycles. The van der Waals surface area contributed by atoms with Crippen LogP contribution in [0.2, 0.25) is 0 Å². The molecule has 4 nitrogen and oxygen atoms in total. The highest BCUT2D eigenvalue weighted by Crippen LogP contribution is 2.16. The van der Waals surface area contributed by atoms with Gasteiger partial charge in [-0.3, -0.25) is 0 Å². The molecule has 0 saturated carbocycles. The van der Waals surface area contributed by atoms with Crippen molar-refractivity contribution in [1.29, 1.82) is 0 Å². The Balaban J connectivity index is 1.81. The van der Waals surface area contributed by atoms with Gasteiger partial charge in [-0.1, -0.05) is 12.1 Å². The number of aromatic nitrogens is 1. The lowest BCUT2D eigenvalue weighted by atomic mass is 10.00. The van der Waals surface area contributed by atoms with Crippen LogP contribution in [0.15, 0.2) is 28.7 Å². The summed E-state index contributed by atoms with van der Waals surface area (Å²) in [6.45, 7) is 7.23. The van der Waals surface area contributed by atoms with Crippen molar-refractivity contribution in [2.24, 2.45) is 0 Å². The van der Waals surface area contributed by atoms with Crippen LogP contribution in [0, 0.1) is 0 Å². The number of nitrogens with zero attached hydrogens (tertiary/aromatic N) is 1. The molecule has 20 heavy (non-hydrogen) atoms. The average molecular weight is 276 g/mol. The Labute approximate surface area is 120 Å². The number of methoxy groups -OCH3 is 1. The lowest BCUT2D eigenvalue weighted by molar-refractivity contribution is 0.00863. The maximum absolute atomic E-state index is 5.70. The number of oxazole rings is 1. The molecule has 0 unspecified atom stereocenters. The van der Waals surface area contributed by atoms with Crippen molar-refractivity contribution in [2.45, 2.75) is 45.3 Å². The Hall–Kier alpha value is -1.39. The average Bonchev–Trinajstić information content (AvgIpc) is 2.80. The van der Waals surface area contributed by atoms with Crippen LogP contribution in [-0.4, -0.2) is 30.3 Å². The molecule has 1 aromatic carbocycles. The van der Waals surface area contributed by atoms with Gasteiger partial charge in [0.05, 0.1) is 5.60 Å². The molecule has 4 heteroatoms. The molecule has 1 atom stereocenters. The second-order valence-electron chi connectivity index (χ2n) is 5.85. The van der Waals surface area contributed by atoms with Gasteiger partial charge in [0.15, 0.2) is 11.5 Å². The zero-order valence-corrected chi connectivity index (χ0v) is 12.8. The van der Waals surface area contributed by atoms with E-state index in [4.69, 9.17) is 9.15 Å². The van der Waals surface area contributed by atoms with Crippen molar-refractivity contribution in [1.82, 2.24) is 10.3 Å². The predicted octanol–water partition coefficient (Wildman–Crippen LogP) is 3.16. The van der Waals surface area contributed by atoms with Gasteiger partial charge in [0.25, 0.3) is 0 Å². The van der Waals surface area contributed by atoms with E-state index in [0.29, 0.717) is 6.04 Å². The number of hydrogen-bond acceptors (Lipinski definition) is 4. The number of para-hydroxylation sites is 2. The fraction of sp³-hybridized carbons (Fsp3) is 0.562. The minimum Gasteiger partial charge on any atom is -0.441 e. The molecule has 2 rings (SSSR count). The molecule has 0 aliphatic rings. The van der Waals surface area contributed by atoms with E-state index in [1.54, 1.807) is 7.11 Å². The van der Waals surface area contributed by atoms with E-state index in [1.807, 2.05) is 24.3 Å². The zero-order chi connectivity index (χ0) is 14.6. The zero-order valence-electron chi connectivity index (χ0n) is 12.8. The first-order chi connectivity index (χ1) is 9.50. The van der Waals surface area contributed by atoms with Crippen LogP contribution in [-0.2, 0) is 11.2 Å². The van der Waals surface area contributed by atoms with Crippen LogP contribution in [0.4, 0.5) is 0 Å². The summed E-state index contributed by atoms with van der Waals surface area (Å²) >= 11 is 0. The van der Waals surface area contributed by atoms with E-state index < -0.39 is 0 Å². The highest BCUT2D eigenvalue weighted by molar-refractivity contribution is 5.72. The summed E-state index contributed by atoms with van der Waals surface area (Å²) in [4.78, 5) is 4.47. The molecule has 0 amide bonds. The summed E-state index contributed by atoms with van der Waals surface area (Å²) in [5.41, 5.74) is 1.69. The standard InChI is InChI=1S/C16H24N2O2/c1-12(11-16(2,3)19-4)17-10-9-15-18-13-7-5-6-8-14(13)20-15/h5-8,12,17H,9-11H2,1-4H3/t12-/m1/s1. The van der Waals surface area contributed by atoms with Gasteiger partial charge in [0.2, 0.25) is 0 Å². The Bertz CT molecular complexity index is 515. The monoisotopic (exact) mass is 276 g/mol. The number of ether oxygens (including phenoxy) is 1. The van der Waals surface area contributed by atoms with Gasteiger partial charge < -0.3 is 14.5 Å².